The zero-order chi connectivity index (χ0) is 14.4. The van der Waals surface area contributed by atoms with Crippen LogP contribution in [0.1, 0.15) is 37.2 Å². The lowest BCUT2D eigenvalue weighted by Gasteiger charge is -2.25. The zero-order valence-corrected chi connectivity index (χ0v) is 12.5. The lowest BCUT2D eigenvalue weighted by molar-refractivity contribution is 0.0985. The molecular formula is C15H23NO3S. The Morgan fingerprint density at radius 1 is 1.25 bits per heavy atom. The molecule has 0 aliphatic heterocycles. The van der Waals surface area contributed by atoms with Gasteiger partial charge in [-0.05, 0) is 17.9 Å². The smallest absolute Gasteiger partial charge is 0.209 e. The van der Waals surface area contributed by atoms with E-state index < -0.39 is 10.0 Å². The number of ether oxygens (including phenoxy) is 1. The molecule has 0 bridgehead atoms. The summed E-state index contributed by atoms with van der Waals surface area (Å²) in [5, 5.41) is 5.17. The minimum atomic E-state index is -3.50. The van der Waals surface area contributed by atoms with E-state index in [1.54, 1.807) is 0 Å². The van der Waals surface area contributed by atoms with Gasteiger partial charge >= 0.3 is 0 Å². The molecule has 1 aliphatic carbocycles. The molecule has 0 amide bonds. The highest BCUT2D eigenvalue weighted by molar-refractivity contribution is 7.89. The number of sulfonamides is 1. The highest BCUT2D eigenvalue weighted by Crippen LogP contribution is 2.29. The highest BCUT2D eigenvalue weighted by atomic mass is 32.2. The SMILES string of the molecule is NS(=O)(=O)CC(COCCC1CCC1)c1ccccc1. The lowest BCUT2D eigenvalue weighted by atomic mass is 9.83. The molecule has 0 aromatic heterocycles. The summed E-state index contributed by atoms with van der Waals surface area (Å²) in [7, 11) is -3.50. The first-order valence-electron chi connectivity index (χ1n) is 7.18. The van der Waals surface area contributed by atoms with E-state index in [0.717, 1.165) is 17.9 Å². The predicted molar refractivity (Wildman–Crippen MR) is 79.9 cm³/mol. The molecule has 5 heteroatoms. The van der Waals surface area contributed by atoms with Crippen molar-refractivity contribution in [2.45, 2.75) is 31.6 Å². The van der Waals surface area contributed by atoms with Gasteiger partial charge in [-0.2, -0.15) is 0 Å². The third-order valence-corrected chi connectivity index (χ3v) is 4.79. The summed E-state index contributed by atoms with van der Waals surface area (Å²) in [5.41, 5.74) is 0.963. The summed E-state index contributed by atoms with van der Waals surface area (Å²) in [6.07, 6.45) is 5.03. The van der Waals surface area contributed by atoms with Gasteiger partial charge in [-0.3, -0.25) is 0 Å². The van der Waals surface area contributed by atoms with Crippen molar-refractivity contribution in [3.05, 3.63) is 35.9 Å². The van der Waals surface area contributed by atoms with E-state index in [2.05, 4.69) is 0 Å². The van der Waals surface area contributed by atoms with Crippen molar-refractivity contribution < 1.29 is 13.2 Å². The summed E-state index contributed by atoms with van der Waals surface area (Å²) in [4.78, 5) is 0. The van der Waals surface area contributed by atoms with Crippen LogP contribution in [0.3, 0.4) is 0 Å². The molecule has 2 rings (SSSR count). The maximum atomic E-state index is 11.3. The van der Waals surface area contributed by atoms with E-state index >= 15 is 0 Å². The predicted octanol–water partition coefficient (Wildman–Crippen LogP) is 2.27. The summed E-state index contributed by atoms with van der Waals surface area (Å²) in [6.45, 7) is 1.12. The number of hydrogen-bond acceptors (Lipinski definition) is 3. The Labute approximate surface area is 121 Å². The van der Waals surface area contributed by atoms with Crippen LogP contribution in [-0.4, -0.2) is 27.4 Å². The first-order chi connectivity index (χ1) is 9.54. The number of hydrogen-bond donors (Lipinski definition) is 1. The van der Waals surface area contributed by atoms with Gasteiger partial charge in [-0.25, -0.2) is 13.6 Å². The molecule has 1 aliphatic rings. The van der Waals surface area contributed by atoms with Crippen molar-refractivity contribution in [3.63, 3.8) is 0 Å². The van der Waals surface area contributed by atoms with Crippen molar-refractivity contribution >= 4 is 10.0 Å². The Morgan fingerprint density at radius 3 is 2.50 bits per heavy atom. The molecule has 20 heavy (non-hydrogen) atoms. The second-order valence-corrected chi connectivity index (χ2v) is 7.26. The average molecular weight is 297 g/mol. The minimum Gasteiger partial charge on any atom is -0.381 e. The summed E-state index contributed by atoms with van der Waals surface area (Å²) < 4.78 is 28.3. The van der Waals surface area contributed by atoms with Gasteiger partial charge in [-0.15, -0.1) is 0 Å². The molecule has 1 aromatic carbocycles. The van der Waals surface area contributed by atoms with Crippen molar-refractivity contribution in [2.75, 3.05) is 19.0 Å². The van der Waals surface area contributed by atoms with Crippen molar-refractivity contribution in [2.24, 2.45) is 11.1 Å². The Kier molecular flexibility index (Phi) is 5.57. The van der Waals surface area contributed by atoms with E-state index in [9.17, 15) is 8.42 Å². The van der Waals surface area contributed by atoms with Gasteiger partial charge < -0.3 is 4.74 Å². The van der Waals surface area contributed by atoms with Crippen LogP contribution in [0.4, 0.5) is 0 Å². The maximum absolute atomic E-state index is 11.3. The summed E-state index contributed by atoms with van der Waals surface area (Å²) in [6, 6.07) is 9.56. The zero-order valence-electron chi connectivity index (χ0n) is 11.7. The molecule has 1 aromatic rings. The molecule has 2 N–H and O–H groups in total. The third kappa shape index (κ3) is 5.23. The van der Waals surface area contributed by atoms with E-state index in [4.69, 9.17) is 9.88 Å². The van der Waals surface area contributed by atoms with Crippen LogP contribution in [0.15, 0.2) is 30.3 Å². The fourth-order valence-corrected chi connectivity index (χ4v) is 3.35. The number of benzene rings is 1. The van der Waals surface area contributed by atoms with Crippen molar-refractivity contribution in [3.8, 4) is 0 Å². The largest absolute Gasteiger partial charge is 0.381 e. The molecule has 112 valence electrons. The van der Waals surface area contributed by atoms with Crippen molar-refractivity contribution in [1.29, 1.82) is 0 Å². The van der Waals surface area contributed by atoms with Crippen molar-refractivity contribution in [1.82, 2.24) is 0 Å². The monoisotopic (exact) mass is 297 g/mol. The van der Waals surface area contributed by atoms with Gasteiger partial charge in [0.1, 0.15) is 0 Å². The normalized spacial score (nSPS) is 17.6. The summed E-state index contributed by atoms with van der Waals surface area (Å²) >= 11 is 0. The van der Waals surface area contributed by atoms with Gasteiger partial charge in [0.2, 0.25) is 10.0 Å². The van der Waals surface area contributed by atoms with E-state index in [1.807, 2.05) is 30.3 Å². The van der Waals surface area contributed by atoms with Gasteiger partial charge in [-0.1, -0.05) is 49.6 Å². The van der Waals surface area contributed by atoms with Gasteiger partial charge in [0.15, 0.2) is 0 Å². The van der Waals surface area contributed by atoms with E-state index in [1.165, 1.54) is 19.3 Å². The standard InChI is InChI=1S/C15H23NO3S/c16-20(17,18)12-15(14-7-2-1-3-8-14)11-19-10-9-13-5-4-6-13/h1-3,7-8,13,15H,4-6,9-12H2,(H2,16,17,18). The quantitative estimate of drug-likeness (QED) is 0.748. The first-order valence-corrected chi connectivity index (χ1v) is 8.89. The van der Waals surface area contributed by atoms with Crippen LogP contribution >= 0.6 is 0 Å². The van der Waals surface area contributed by atoms with Crippen LogP contribution in [0.2, 0.25) is 0 Å². The summed E-state index contributed by atoms with van der Waals surface area (Å²) in [5.74, 6) is 0.552. The molecule has 1 saturated carbocycles. The Bertz CT molecular complexity index is 497. The van der Waals surface area contributed by atoms with Crippen LogP contribution in [0.5, 0.6) is 0 Å². The van der Waals surface area contributed by atoms with Gasteiger partial charge in [0.05, 0.1) is 12.4 Å². The molecule has 1 atom stereocenters. The molecule has 0 radical (unpaired) electrons. The fraction of sp³-hybridized carbons (Fsp3) is 0.600. The van der Waals surface area contributed by atoms with Gasteiger partial charge in [0, 0.05) is 12.5 Å². The van der Waals surface area contributed by atoms with Crippen LogP contribution in [-0.2, 0) is 14.8 Å². The Morgan fingerprint density at radius 2 is 1.95 bits per heavy atom. The molecule has 0 spiro atoms. The Hall–Kier alpha value is -0.910. The second kappa shape index (κ2) is 7.20. The molecular weight excluding hydrogens is 274 g/mol. The number of rotatable bonds is 8. The van der Waals surface area contributed by atoms with Crippen LogP contribution in [0, 0.1) is 5.92 Å². The van der Waals surface area contributed by atoms with E-state index in [0.29, 0.717) is 13.2 Å². The van der Waals surface area contributed by atoms with Gasteiger partial charge in [0.25, 0.3) is 0 Å². The average Bonchev–Trinajstić information content (AvgIpc) is 2.34. The third-order valence-electron chi connectivity index (χ3n) is 3.92. The molecule has 1 fully saturated rings. The second-order valence-electron chi connectivity index (χ2n) is 5.60. The number of primary sulfonamides is 1. The molecule has 1 unspecified atom stereocenters. The highest BCUT2D eigenvalue weighted by Gasteiger charge is 2.20. The first kappa shape index (κ1) is 15.5. The molecule has 0 saturated heterocycles. The number of nitrogens with two attached hydrogens (primary N) is 1. The van der Waals surface area contributed by atoms with Crippen LogP contribution < -0.4 is 5.14 Å². The fourth-order valence-electron chi connectivity index (χ4n) is 2.50. The molecule has 4 nitrogen and oxygen atoms in total. The Balaban J connectivity index is 1.85. The lowest BCUT2D eigenvalue weighted by Crippen LogP contribution is -2.25. The topological polar surface area (TPSA) is 69.4 Å². The molecule has 0 heterocycles. The maximum Gasteiger partial charge on any atom is 0.209 e. The minimum absolute atomic E-state index is 0.0690. The van der Waals surface area contributed by atoms with E-state index in [-0.39, 0.29) is 11.7 Å². The van der Waals surface area contributed by atoms with Crippen LogP contribution in [0.25, 0.3) is 0 Å².